The molecular weight excluding hydrogens is 520 g/mol. The van der Waals surface area contributed by atoms with Gasteiger partial charge >= 0.3 is 0 Å². The molecule has 5 rings (SSSR count). The van der Waals surface area contributed by atoms with Crippen LogP contribution < -0.4 is 15.0 Å². The van der Waals surface area contributed by atoms with E-state index in [1.54, 1.807) is 25.4 Å². The Bertz CT molecular complexity index is 1430. The van der Waals surface area contributed by atoms with Crippen molar-refractivity contribution in [3.63, 3.8) is 0 Å². The van der Waals surface area contributed by atoms with E-state index in [-0.39, 0.29) is 11.8 Å². The lowest BCUT2D eigenvalue weighted by atomic mass is 10.1. The van der Waals surface area contributed by atoms with Gasteiger partial charge in [0.2, 0.25) is 0 Å². The van der Waals surface area contributed by atoms with E-state index in [1.807, 2.05) is 65.6 Å². The number of thiophene rings is 1. The van der Waals surface area contributed by atoms with Crippen molar-refractivity contribution in [1.29, 1.82) is 0 Å². The van der Waals surface area contributed by atoms with Crippen LogP contribution in [0, 0.1) is 0 Å². The minimum atomic E-state index is -0.186. The van der Waals surface area contributed by atoms with Crippen LogP contribution in [0.15, 0.2) is 79.0 Å². The van der Waals surface area contributed by atoms with Gasteiger partial charge in [0.05, 0.1) is 17.6 Å². The Hall–Kier alpha value is -3.88. The molecule has 1 aliphatic heterocycles. The van der Waals surface area contributed by atoms with Gasteiger partial charge in [0.15, 0.2) is 0 Å². The van der Waals surface area contributed by atoms with E-state index >= 15 is 0 Å². The van der Waals surface area contributed by atoms with Crippen molar-refractivity contribution in [2.24, 2.45) is 0 Å². The molecule has 1 aliphatic rings. The van der Waals surface area contributed by atoms with Gasteiger partial charge in [-0.3, -0.25) is 9.59 Å². The van der Waals surface area contributed by atoms with E-state index in [1.165, 1.54) is 11.3 Å². The summed E-state index contributed by atoms with van der Waals surface area (Å²) in [5, 5.41) is 3.65. The van der Waals surface area contributed by atoms with Crippen molar-refractivity contribution in [1.82, 2.24) is 15.2 Å². The Morgan fingerprint density at radius 3 is 2.53 bits per heavy atom. The summed E-state index contributed by atoms with van der Waals surface area (Å²) >= 11 is 7.60. The summed E-state index contributed by atoms with van der Waals surface area (Å²) < 4.78 is 5.19. The number of nitrogens with one attached hydrogen (secondary N) is 1. The predicted octanol–water partition coefficient (Wildman–Crippen LogP) is 5.36. The molecule has 0 spiro atoms. The van der Waals surface area contributed by atoms with Crippen molar-refractivity contribution in [2.75, 3.05) is 38.2 Å². The van der Waals surface area contributed by atoms with E-state index < -0.39 is 0 Å². The van der Waals surface area contributed by atoms with Crippen molar-refractivity contribution in [3.8, 4) is 16.2 Å². The normalized spacial score (nSPS) is 13.3. The van der Waals surface area contributed by atoms with Crippen LogP contribution in [0.1, 0.15) is 25.6 Å². The lowest BCUT2D eigenvalue weighted by Gasteiger charge is -2.35. The second-order valence-corrected chi connectivity index (χ2v) is 10.4. The Morgan fingerprint density at radius 2 is 1.79 bits per heavy atom. The SMILES string of the molecule is COc1ccc(CNC(=O)c2cccnc2N2CCN(C(=O)c3ccc(-c4cccc(Cl)c4)s3)CC2)cc1. The van der Waals surface area contributed by atoms with Crippen molar-refractivity contribution in [3.05, 3.63) is 100 Å². The zero-order chi connectivity index (χ0) is 26.5. The Labute approximate surface area is 230 Å². The van der Waals surface area contributed by atoms with Crippen LogP contribution in [0.3, 0.4) is 0 Å². The molecule has 194 valence electrons. The number of ether oxygens (including phenoxy) is 1. The summed E-state index contributed by atoms with van der Waals surface area (Å²) in [5.74, 6) is 1.23. The van der Waals surface area contributed by atoms with Gasteiger partial charge < -0.3 is 19.9 Å². The number of benzene rings is 2. The molecular formula is C29H27ClN4O3S. The summed E-state index contributed by atoms with van der Waals surface area (Å²) in [7, 11) is 1.62. The predicted molar refractivity (Wildman–Crippen MR) is 151 cm³/mol. The zero-order valence-electron chi connectivity index (χ0n) is 20.9. The molecule has 0 aliphatic carbocycles. The second-order valence-electron chi connectivity index (χ2n) is 8.86. The van der Waals surface area contributed by atoms with Crippen LogP contribution in [0.25, 0.3) is 10.4 Å². The van der Waals surface area contributed by atoms with Gasteiger partial charge in [-0.1, -0.05) is 35.9 Å². The van der Waals surface area contributed by atoms with Gasteiger partial charge in [0.1, 0.15) is 11.6 Å². The average molecular weight is 547 g/mol. The molecule has 38 heavy (non-hydrogen) atoms. The van der Waals surface area contributed by atoms with Gasteiger partial charge in [-0.05, 0) is 59.7 Å². The number of nitrogens with zero attached hydrogens (tertiary/aromatic N) is 3. The first-order valence-electron chi connectivity index (χ1n) is 12.3. The van der Waals surface area contributed by atoms with Crippen LogP contribution in [0.5, 0.6) is 5.75 Å². The molecule has 0 radical (unpaired) electrons. The van der Waals surface area contributed by atoms with E-state index in [4.69, 9.17) is 16.3 Å². The van der Waals surface area contributed by atoms with Crippen LogP contribution >= 0.6 is 22.9 Å². The van der Waals surface area contributed by atoms with E-state index in [0.29, 0.717) is 54.0 Å². The summed E-state index contributed by atoms with van der Waals surface area (Å²) in [6.07, 6.45) is 1.69. The number of hydrogen-bond donors (Lipinski definition) is 1. The molecule has 1 fully saturated rings. The van der Waals surface area contributed by atoms with Crippen molar-refractivity contribution < 1.29 is 14.3 Å². The molecule has 7 nitrogen and oxygen atoms in total. The number of halogens is 1. The fourth-order valence-corrected chi connectivity index (χ4v) is 5.53. The van der Waals surface area contributed by atoms with Crippen LogP contribution in [-0.2, 0) is 6.54 Å². The smallest absolute Gasteiger partial charge is 0.264 e. The molecule has 4 aromatic rings. The number of carbonyl (C=O) groups is 2. The van der Waals surface area contributed by atoms with Gasteiger partial charge in [-0.15, -0.1) is 11.3 Å². The highest BCUT2D eigenvalue weighted by Gasteiger charge is 2.26. The average Bonchev–Trinajstić information content (AvgIpc) is 3.46. The Morgan fingerprint density at radius 1 is 1.00 bits per heavy atom. The van der Waals surface area contributed by atoms with E-state index in [2.05, 4.69) is 15.2 Å². The fourth-order valence-electron chi connectivity index (χ4n) is 4.37. The molecule has 2 amide bonds. The third-order valence-electron chi connectivity index (χ3n) is 6.44. The van der Waals surface area contributed by atoms with E-state index in [9.17, 15) is 9.59 Å². The maximum atomic E-state index is 13.2. The van der Waals surface area contributed by atoms with Gasteiger partial charge in [0.25, 0.3) is 11.8 Å². The lowest BCUT2D eigenvalue weighted by molar-refractivity contribution is 0.0750. The first kappa shape index (κ1) is 25.8. The summed E-state index contributed by atoms with van der Waals surface area (Å²) in [4.78, 5) is 36.4. The number of piperazine rings is 1. The molecule has 0 unspecified atom stereocenters. The monoisotopic (exact) mass is 546 g/mol. The molecule has 9 heteroatoms. The molecule has 0 atom stereocenters. The summed E-state index contributed by atoms with van der Waals surface area (Å²) in [6.45, 7) is 2.68. The highest BCUT2D eigenvalue weighted by molar-refractivity contribution is 7.17. The summed E-state index contributed by atoms with van der Waals surface area (Å²) in [5.41, 5.74) is 2.49. The number of carbonyl (C=O) groups excluding carboxylic acids is 2. The zero-order valence-corrected chi connectivity index (χ0v) is 22.5. The fraction of sp³-hybridized carbons (Fsp3) is 0.207. The first-order valence-corrected chi connectivity index (χ1v) is 13.5. The van der Waals surface area contributed by atoms with Crippen molar-refractivity contribution >= 4 is 40.6 Å². The number of rotatable bonds is 7. The highest BCUT2D eigenvalue weighted by Crippen LogP contribution is 2.31. The minimum absolute atomic E-state index is 0.0152. The first-order chi connectivity index (χ1) is 18.5. The van der Waals surface area contributed by atoms with Crippen LogP contribution in [0.4, 0.5) is 5.82 Å². The number of pyridine rings is 1. The molecule has 2 aromatic carbocycles. The maximum absolute atomic E-state index is 13.2. The topological polar surface area (TPSA) is 74.8 Å². The number of hydrogen-bond acceptors (Lipinski definition) is 6. The number of methoxy groups -OCH3 is 1. The van der Waals surface area contributed by atoms with Gasteiger partial charge in [0, 0.05) is 48.8 Å². The molecule has 0 bridgehead atoms. The highest BCUT2D eigenvalue weighted by atomic mass is 35.5. The van der Waals surface area contributed by atoms with Crippen LogP contribution in [-0.4, -0.2) is 55.0 Å². The Kier molecular flexibility index (Phi) is 7.91. The van der Waals surface area contributed by atoms with Gasteiger partial charge in [-0.2, -0.15) is 0 Å². The number of anilines is 1. The Balaban J connectivity index is 1.20. The molecule has 3 heterocycles. The van der Waals surface area contributed by atoms with Crippen LogP contribution in [0.2, 0.25) is 5.02 Å². The lowest BCUT2D eigenvalue weighted by Crippen LogP contribution is -2.49. The largest absolute Gasteiger partial charge is 0.497 e. The summed E-state index contributed by atoms with van der Waals surface area (Å²) in [6, 6.07) is 22.6. The molecule has 1 N–H and O–H groups in total. The number of amides is 2. The third-order valence-corrected chi connectivity index (χ3v) is 7.79. The molecule has 2 aromatic heterocycles. The second kappa shape index (κ2) is 11.7. The quantitative estimate of drug-likeness (QED) is 0.337. The third kappa shape index (κ3) is 5.82. The molecule has 1 saturated heterocycles. The molecule has 0 saturated carbocycles. The minimum Gasteiger partial charge on any atom is -0.497 e. The maximum Gasteiger partial charge on any atom is 0.264 e. The van der Waals surface area contributed by atoms with Crippen molar-refractivity contribution in [2.45, 2.75) is 6.54 Å². The van der Waals surface area contributed by atoms with E-state index in [0.717, 1.165) is 21.8 Å². The number of aromatic nitrogens is 1. The standard InChI is InChI=1S/C29H27ClN4O3S/c1-37-23-9-7-20(8-10-23)19-32-28(35)24-6-3-13-31-27(24)33-14-16-34(17-15-33)29(36)26-12-11-25(38-26)21-4-2-5-22(30)18-21/h2-13,18H,14-17,19H2,1H3,(H,32,35). The van der Waals surface area contributed by atoms with Gasteiger partial charge in [-0.25, -0.2) is 4.98 Å².